The molecule has 1 amide bonds. The Morgan fingerprint density at radius 2 is 2.05 bits per heavy atom. The zero-order valence-corrected chi connectivity index (χ0v) is 11.5. The molecule has 2 rings (SSSR count). The normalized spacial score (nSPS) is 16.6. The molecule has 1 aromatic carbocycles. The Morgan fingerprint density at radius 1 is 1.38 bits per heavy atom. The number of aliphatic hydroxyl groups excluding tert-OH is 1. The Morgan fingerprint density at radius 3 is 2.62 bits per heavy atom. The van der Waals surface area contributed by atoms with E-state index in [-0.39, 0.29) is 12.2 Å². The largest absolute Gasteiger partial charge is 0.502 e. The van der Waals surface area contributed by atoms with Gasteiger partial charge in [-0.1, -0.05) is 12.8 Å². The van der Waals surface area contributed by atoms with Crippen molar-refractivity contribution in [2.24, 2.45) is 0 Å². The molecule has 0 radical (unpaired) electrons. The summed E-state index contributed by atoms with van der Waals surface area (Å²) in [7, 11) is 0. The number of phenols is 1. The van der Waals surface area contributed by atoms with Crippen molar-refractivity contribution in [3.63, 3.8) is 0 Å². The van der Waals surface area contributed by atoms with E-state index >= 15 is 0 Å². The summed E-state index contributed by atoms with van der Waals surface area (Å²) in [6, 6.07) is 3.55. The maximum Gasteiger partial charge on any atom is 0.311 e. The monoisotopic (exact) mass is 294 g/mol. The second kappa shape index (κ2) is 6.09. The van der Waals surface area contributed by atoms with Gasteiger partial charge in [-0.15, -0.1) is 0 Å². The summed E-state index contributed by atoms with van der Waals surface area (Å²) < 4.78 is 0. The Balaban J connectivity index is 2.20. The van der Waals surface area contributed by atoms with Crippen molar-refractivity contribution in [3.05, 3.63) is 33.9 Å². The second-order valence-electron chi connectivity index (χ2n) is 5.38. The van der Waals surface area contributed by atoms with Gasteiger partial charge >= 0.3 is 5.69 Å². The molecule has 0 bridgehead atoms. The highest BCUT2D eigenvalue weighted by Gasteiger charge is 2.35. The number of nitro benzene ring substituents is 1. The molecule has 1 aromatic rings. The van der Waals surface area contributed by atoms with Crippen molar-refractivity contribution < 1.29 is 19.9 Å². The summed E-state index contributed by atoms with van der Waals surface area (Å²) in [5.74, 6) is -0.893. The van der Waals surface area contributed by atoms with E-state index in [0.29, 0.717) is 6.42 Å². The molecule has 1 fully saturated rings. The molecular weight excluding hydrogens is 276 g/mol. The van der Waals surface area contributed by atoms with Gasteiger partial charge in [0.15, 0.2) is 5.75 Å². The first kappa shape index (κ1) is 15.2. The fourth-order valence-electron chi connectivity index (χ4n) is 2.83. The summed E-state index contributed by atoms with van der Waals surface area (Å²) in [6.07, 6.45) is 4.02. The average Bonchev–Trinajstić information content (AvgIpc) is 2.87. The van der Waals surface area contributed by atoms with Gasteiger partial charge in [0.2, 0.25) is 0 Å². The van der Waals surface area contributed by atoms with Crippen LogP contribution >= 0.6 is 0 Å². The molecule has 1 saturated carbocycles. The first-order valence-corrected chi connectivity index (χ1v) is 6.88. The maximum atomic E-state index is 12.3. The number of aliphatic hydroxyl groups is 1. The Labute approximate surface area is 121 Å². The van der Waals surface area contributed by atoms with E-state index in [1.807, 2.05) is 0 Å². The minimum atomic E-state index is -0.731. The van der Waals surface area contributed by atoms with Crippen molar-refractivity contribution >= 4 is 11.6 Å². The van der Waals surface area contributed by atoms with Crippen LogP contribution < -0.4 is 5.32 Å². The predicted molar refractivity (Wildman–Crippen MR) is 75.1 cm³/mol. The van der Waals surface area contributed by atoms with Crippen LogP contribution in [0.2, 0.25) is 0 Å². The topological polar surface area (TPSA) is 113 Å². The molecule has 0 heterocycles. The van der Waals surface area contributed by atoms with Crippen LogP contribution in [0.1, 0.15) is 42.5 Å². The van der Waals surface area contributed by atoms with Crippen LogP contribution in [0.3, 0.4) is 0 Å². The molecule has 1 aliphatic carbocycles. The van der Waals surface area contributed by atoms with Crippen molar-refractivity contribution in [1.29, 1.82) is 0 Å². The van der Waals surface area contributed by atoms with Crippen molar-refractivity contribution in [3.8, 4) is 5.75 Å². The number of rotatable bonds is 5. The van der Waals surface area contributed by atoms with Gasteiger partial charge in [-0.2, -0.15) is 0 Å². The molecule has 7 nitrogen and oxygen atoms in total. The first-order chi connectivity index (χ1) is 9.97. The van der Waals surface area contributed by atoms with Crippen LogP contribution in [-0.4, -0.2) is 33.2 Å². The number of amides is 1. The van der Waals surface area contributed by atoms with E-state index in [4.69, 9.17) is 5.11 Å². The standard InChI is InChI=1S/C14H18N2O5/c17-8-7-14(5-1-2-6-14)15-13(19)10-3-4-12(18)11(9-10)16(20)21/h3-4,9,17-18H,1-2,5-8H2,(H,15,19). The molecule has 0 atom stereocenters. The third-order valence-corrected chi connectivity index (χ3v) is 3.96. The van der Waals surface area contributed by atoms with Crippen LogP contribution in [0.5, 0.6) is 5.75 Å². The van der Waals surface area contributed by atoms with E-state index < -0.39 is 27.8 Å². The van der Waals surface area contributed by atoms with Crippen LogP contribution in [0.25, 0.3) is 0 Å². The van der Waals surface area contributed by atoms with E-state index in [2.05, 4.69) is 5.32 Å². The highest BCUT2D eigenvalue weighted by molar-refractivity contribution is 5.95. The third-order valence-electron chi connectivity index (χ3n) is 3.96. The number of hydrogen-bond donors (Lipinski definition) is 3. The highest BCUT2D eigenvalue weighted by Crippen LogP contribution is 2.33. The van der Waals surface area contributed by atoms with E-state index in [1.54, 1.807) is 0 Å². The zero-order valence-electron chi connectivity index (χ0n) is 11.5. The van der Waals surface area contributed by atoms with E-state index in [0.717, 1.165) is 37.8 Å². The molecule has 21 heavy (non-hydrogen) atoms. The number of nitrogens with one attached hydrogen (secondary N) is 1. The Kier molecular flexibility index (Phi) is 4.42. The molecule has 3 N–H and O–H groups in total. The van der Waals surface area contributed by atoms with E-state index in [1.165, 1.54) is 6.07 Å². The summed E-state index contributed by atoms with van der Waals surface area (Å²) in [6.45, 7) is -0.0179. The number of phenolic OH excluding ortho intramolecular Hbond substituents is 1. The lowest BCUT2D eigenvalue weighted by molar-refractivity contribution is -0.385. The smallest absolute Gasteiger partial charge is 0.311 e. The van der Waals surface area contributed by atoms with Gasteiger partial charge < -0.3 is 15.5 Å². The SMILES string of the molecule is O=C(NC1(CCO)CCCC1)c1ccc(O)c([N+](=O)[O-])c1. The lowest BCUT2D eigenvalue weighted by Crippen LogP contribution is -2.47. The van der Waals surface area contributed by atoms with Crippen LogP contribution in [0.4, 0.5) is 5.69 Å². The number of carbonyl (C=O) groups is 1. The number of aromatic hydroxyl groups is 1. The zero-order chi connectivity index (χ0) is 15.5. The fraction of sp³-hybridized carbons (Fsp3) is 0.500. The lowest BCUT2D eigenvalue weighted by atomic mass is 9.93. The van der Waals surface area contributed by atoms with Crippen LogP contribution in [0, 0.1) is 10.1 Å². The molecule has 0 saturated heterocycles. The average molecular weight is 294 g/mol. The number of hydrogen-bond acceptors (Lipinski definition) is 5. The number of benzene rings is 1. The van der Waals surface area contributed by atoms with Crippen molar-refractivity contribution in [2.75, 3.05) is 6.61 Å². The molecule has 7 heteroatoms. The number of nitrogens with zero attached hydrogens (tertiary/aromatic N) is 1. The summed E-state index contributed by atoms with van der Waals surface area (Å²) >= 11 is 0. The quantitative estimate of drug-likeness (QED) is 0.565. The van der Waals surface area contributed by atoms with Gasteiger partial charge in [0.1, 0.15) is 0 Å². The van der Waals surface area contributed by atoms with Gasteiger partial charge in [0.05, 0.1) is 4.92 Å². The molecule has 1 aliphatic rings. The van der Waals surface area contributed by atoms with Gasteiger partial charge in [-0.05, 0) is 31.4 Å². The molecule has 0 aliphatic heterocycles. The van der Waals surface area contributed by atoms with Gasteiger partial charge in [0.25, 0.3) is 5.91 Å². The summed E-state index contributed by atoms with van der Waals surface area (Å²) in [5.41, 5.74) is -0.799. The molecule has 0 aromatic heterocycles. The van der Waals surface area contributed by atoms with Gasteiger partial charge in [-0.3, -0.25) is 14.9 Å². The van der Waals surface area contributed by atoms with Crippen molar-refractivity contribution in [1.82, 2.24) is 5.32 Å². The fourth-order valence-corrected chi connectivity index (χ4v) is 2.83. The highest BCUT2D eigenvalue weighted by atomic mass is 16.6. The van der Waals surface area contributed by atoms with Crippen LogP contribution in [0.15, 0.2) is 18.2 Å². The lowest BCUT2D eigenvalue weighted by Gasteiger charge is -2.29. The number of carbonyl (C=O) groups excluding carboxylic acids is 1. The third kappa shape index (κ3) is 3.30. The second-order valence-corrected chi connectivity index (χ2v) is 5.38. The van der Waals surface area contributed by atoms with Gasteiger partial charge in [-0.25, -0.2) is 0 Å². The Bertz CT molecular complexity index is 552. The minimum absolute atomic E-state index is 0.0179. The molecule has 0 unspecified atom stereocenters. The first-order valence-electron chi connectivity index (χ1n) is 6.88. The summed E-state index contributed by atoms with van der Waals surface area (Å²) in [4.78, 5) is 22.3. The summed E-state index contributed by atoms with van der Waals surface area (Å²) in [5, 5.41) is 32.2. The molecule has 0 spiro atoms. The predicted octanol–water partition coefficient (Wildman–Crippen LogP) is 1.73. The number of nitro groups is 1. The maximum absolute atomic E-state index is 12.3. The van der Waals surface area contributed by atoms with Gasteiger partial charge in [0, 0.05) is 23.8 Å². The van der Waals surface area contributed by atoms with Crippen LogP contribution in [-0.2, 0) is 0 Å². The molecular formula is C14H18N2O5. The van der Waals surface area contributed by atoms with Crippen molar-refractivity contribution in [2.45, 2.75) is 37.6 Å². The molecule has 114 valence electrons. The van der Waals surface area contributed by atoms with E-state index in [9.17, 15) is 20.0 Å². The Hall–Kier alpha value is -2.15. The minimum Gasteiger partial charge on any atom is -0.502 e.